The molecule has 0 aliphatic carbocycles. The van der Waals surface area contributed by atoms with Crippen molar-refractivity contribution < 1.29 is 14.1 Å². The molecule has 1 atom stereocenters. The van der Waals surface area contributed by atoms with E-state index in [2.05, 4.69) is 4.98 Å². The molecular weight excluding hydrogens is 277 g/mol. The van der Waals surface area contributed by atoms with Crippen LogP contribution in [0, 0.1) is 22.9 Å². The molecule has 0 spiro atoms. The van der Waals surface area contributed by atoms with Gasteiger partial charge in [-0.3, -0.25) is 15.1 Å². The predicted octanol–water partition coefficient (Wildman–Crippen LogP) is 3.25. The van der Waals surface area contributed by atoms with Gasteiger partial charge in [-0.25, -0.2) is 4.39 Å². The fourth-order valence-electron chi connectivity index (χ4n) is 1.77. The molecule has 2 aromatic rings. The van der Waals surface area contributed by atoms with Crippen molar-refractivity contribution in [3.05, 3.63) is 57.7 Å². The van der Waals surface area contributed by atoms with E-state index in [0.717, 1.165) is 6.07 Å². The summed E-state index contributed by atoms with van der Waals surface area (Å²) in [6.07, 6.45) is 1.43. The molecule has 0 aliphatic rings. The molecule has 1 aromatic carbocycles. The number of benzene rings is 1. The predicted molar refractivity (Wildman–Crippen MR) is 74.7 cm³/mol. The summed E-state index contributed by atoms with van der Waals surface area (Å²) in [5, 5.41) is 10.7. The lowest BCUT2D eigenvalue weighted by atomic mass is 10.2. The van der Waals surface area contributed by atoms with Gasteiger partial charge in [0.1, 0.15) is 5.75 Å². The Hall–Kier alpha value is -2.54. The van der Waals surface area contributed by atoms with Crippen LogP contribution >= 0.6 is 0 Å². The third kappa shape index (κ3) is 3.32. The summed E-state index contributed by atoms with van der Waals surface area (Å²) in [4.78, 5) is 14.2. The topological polar surface area (TPSA) is 91.3 Å². The van der Waals surface area contributed by atoms with E-state index in [0.29, 0.717) is 17.0 Å². The molecule has 0 saturated heterocycles. The number of nitrogens with zero attached hydrogens (tertiary/aromatic N) is 2. The highest BCUT2D eigenvalue weighted by atomic mass is 19.1. The first-order valence-electron chi connectivity index (χ1n) is 6.22. The van der Waals surface area contributed by atoms with Gasteiger partial charge in [-0.2, -0.15) is 0 Å². The third-order valence-electron chi connectivity index (χ3n) is 2.90. The van der Waals surface area contributed by atoms with Crippen molar-refractivity contribution in [1.82, 2.24) is 4.98 Å². The molecule has 0 fully saturated rings. The first-order valence-corrected chi connectivity index (χ1v) is 6.22. The maximum absolute atomic E-state index is 13.8. The van der Waals surface area contributed by atoms with E-state index in [9.17, 15) is 14.5 Å². The molecule has 0 unspecified atom stereocenters. The van der Waals surface area contributed by atoms with Crippen LogP contribution in [-0.4, -0.2) is 9.91 Å². The van der Waals surface area contributed by atoms with Crippen LogP contribution < -0.4 is 10.5 Å². The number of aromatic nitrogens is 1. The number of nitrogens with two attached hydrogens (primary N) is 1. The molecule has 110 valence electrons. The average Bonchev–Trinajstić information content (AvgIpc) is 2.42. The first kappa shape index (κ1) is 14.9. The van der Waals surface area contributed by atoms with Gasteiger partial charge in [0.05, 0.1) is 22.9 Å². The van der Waals surface area contributed by atoms with Crippen molar-refractivity contribution in [2.45, 2.75) is 19.9 Å². The summed E-state index contributed by atoms with van der Waals surface area (Å²) in [5.74, 6) is -0.566. The van der Waals surface area contributed by atoms with Crippen molar-refractivity contribution in [1.29, 1.82) is 0 Å². The van der Waals surface area contributed by atoms with Gasteiger partial charge >= 0.3 is 0 Å². The normalized spacial score (nSPS) is 12.0. The number of hydrogen-bond donors (Lipinski definition) is 1. The Balaban J connectivity index is 2.27. The van der Waals surface area contributed by atoms with Crippen LogP contribution in [-0.2, 0) is 0 Å². The van der Waals surface area contributed by atoms with Gasteiger partial charge in [-0.1, -0.05) is 0 Å². The Morgan fingerprint density at radius 1 is 1.43 bits per heavy atom. The van der Waals surface area contributed by atoms with Gasteiger partial charge in [0, 0.05) is 11.6 Å². The summed E-state index contributed by atoms with van der Waals surface area (Å²) in [7, 11) is 0. The smallest absolute Gasteiger partial charge is 0.275 e. The minimum Gasteiger partial charge on any atom is -0.453 e. The summed E-state index contributed by atoms with van der Waals surface area (Å²) >= 11 is 0. The Morgan fingerprint density at radius 3 is 2.67 bits per heavy atom. The lowest BCUT2D eigenvalue weighted by molar-refractivity contribution is -0.385. The van der Waals surface area contributed by atoms with Gasteiger partial charge in [-0.15, -0.1) is 0 Å². The van der Waals surface area contributed by atoms with Gasteiger partial charge in [0.25, 0.3) is 5.69 Å². The SMILES string of the molecule is Cc1cc(Oc2ccc([C@H](C)N)nc2)c(F)cc1[N+](=O)[O-]. The van der Waals surface area contributed by atoms with E-state index < -0.39 is 10.7 Å². The standard InChI is InChI=1S/C14H14FN3O3/c1-8-5-14(11(15)6-13(8)18(19)20)21-10-3-4-12(9(2)16)17-7-10/h3-7,9H,16H2,1-2H3/t9-/m0/s1. The number of nitro groups is 1. The minimum atomic E-state index is -0.802. The number of nitro benzene ring substituents is 1. The molecule has 0 amide bonds. The Kier molecular flexibility index (Phi) is 4.13. The van der Waals surface area contributed by atoms with E-state index >= 15 is 0 Å². The molecule has 0 bridgehead atoms. The van der Waals surface area contributed by atoms with Gasteiger partial charge in [0.2, 0.25) is 0 Å². The van der Waals surface area contributed by atoms with Crippen molar-refractivity contribution in [3.63, 3.8) is 0 Å². The number of aryl methyl sites for hydroxylation is 1. The third-order valence-corrected chi connectivity index (χ3v) is 2.90. The lowest BCUT2D eigenvalue weighted by Gasteiger charge is -2.09. The fourth-order valence-corrected chi connectivity index (χ4v) is 1.77. The monoisotopic (exact) mass is 291 g/mol. The molecule has 2 N–H and O–H groups in total. The second-order valence-electron chi connectivity index (χ2n) is 4.64. The molecule has 1 heterocycles. The molecule has 7 heteroatoms. The average molecular weight is 291 g/mol. The molecule has 0 radical (unpaired) electrons. The number of rotatable bonds is 4. The van der Waals surface area contributed by atoms with Crippen molar-refractivity contribution >= 4 is 5.69 Å². The molecule has 2 rings (SSSR count). The second kappa shape index (κ2) is 5.84. The quantitative estimate of drug-likeness (QED) is 0.689. The van der Waals surface area contributed by atoms with E-state index in [-0.39, 0.29) is 17.5 Å². The van der Waals surface area contributed by atoms with Crippen LogP contribution in [0.25, 0.3) is 0 Å². The van der Waals surface area contributed by atoms with Crippen LogP contribution in [0.2, 0.25) is 0 Å². The Bertz CT molecular complexity index is 672. The summed E-state index contributed by atoms with van der Waals surface area (Å²) in [6, 6.07) is 5.21. The van der Waals surface area contributed by atoms with Crippen LogP contribution in [0.3, 0.4) is 0 Å². The van der Waals surface area contributed by atoms with Gasteiger partial charge in [-0.05, 0) is 32.0 Å². The molecule has 1 aromatic heterocycles. The zero-order valence-electron chi connectivity index (χ0n) is 11.5. The maximum Gasteiger partial charge on any atom is 0.275 e. The van der Waals surface area contributed by atoms with Crippen LogP contribution in [0.1, 0.15) is 24.2 Å². The fraction of sp³-hybridized carbons (Fsp3) is 0.214. The molecular formula is C14H14FN3O3. The highest BCUT2D eigenvalue weighted by Gasteiger charge is 2.17. The number of halogens is 1. The second-order valence-corrected chi connectivity index (χ2v) is 4.64. The molecule has 0 aliphatic heterocycles. The number of hydrogen-bond acceptors (Lipinski definition) is 5. The summed E-state index contributed by atoms with van der Waals surface area (Å²) < 4.78 is 19.2. The Labute approximate surface area is 120 Å². The van der Waals surface area contributed by atoms with E-state index in [1.54, 1.807) is 19.1 Å². The van der Waals surface area contributed by atoms with Gasteiger partial charge in [0.15, 0.2) is 11.6 Å². The highest BCUT2D eigenvalue weighted by Crippen LogP contribution is 2.30. The largest absolute Gasteiger partial charge is 0.453 e. The molecule has 6 nitrogen and oxygen atoms in total. The minimum absolute atomic E-state index is 0.0894. The highest BCUT2D eigenvalue weighted by molar-refractivity contribution is 5.46. The van der Waals surface area contributed by atoms with E-state index in [4.69, 9.17) is 10.5 Å². The zero-order chi connectivity index (χ0) is 15.6. The van der Waals surface area contributed by atoms with E-state index in [1.807, 2.05) is 0 Å². The lowest BCUT2D eigenvalue weighted by Crippen LogP contribution is -2.06. The van der Waals surface area contributed by atoms with Gasteiger partial charge < -0.3 is 10.5 Å². The maximum atomic E-state index is 13.8. The molecule has 0 saturated carbocycles. The zero-order valence-corrected chi connectivity index (χ0v) is 11.5. The molecule has 21 heavy (non-hydrogen) atoms. The number of ether oxygens (including phenoxy) is 1. The van der Waals surface area contributed by atoms with Crippen LogP contribution in [0.5, 0.6) is 11.5 Å². The first-order chi connectivity index (χ1) is 9.88. The van der Waals surface area contributed by atoms with Crippen molar-refractivity contribution in [3.8, 4) is 11.5 Å². The number of pyridine rings is 1. The van der Waals surface area contributed by atoms with Crippen LogP contribution in [0.4, 0.5) is 10.1 Å². The van der Waals surface area contributed by atoms with Crippen LogP contribution in [0.15, 0.2) is 30.5 Å². The Morgan fingerprint density at radius 2 is 2.14 bits per heavy atom. The van der Waals surface area contributed by atoms with E-state index in [1.165, 1.54) is 19.2 Å². The van der Waals surface area contributed by atoms with Crippen molar-refractivity contribution in [2.24, 2.45) is 5.73 Å². The summed E-state index contributed by atoms with van der Waals surface area (Å²) in [6.45, 7) is 3.31. The van der Waals surface area contributed by atoms with Crippen molar-refractivity contribution in [2.75, 3.05) is 0 Å². The summed E-state index contributed by atoms with van der Waals surface area (Å²) in [5.41, 5.74) is 6.39.